The monoisotopic (exact) mass is 237 g/mol. The normalized spacial score (nSPS) is 31.1. The highest BCUT2D eigenvalue weighted by molar-refractivity contribution is 5.08. The molecule has 2 fully saturated rings. The number of ether oxygens (including phenoxy) is 1. The molecule has 0 aromatic rings. The molecule has 1 spiro atoms. The first-order valence-corrected chi connectivity index (χ1v) is 7.29. The zero-order chi connectivity index (χ0) is 12.1. The number of nitrogens with one attached hydrogen (secondary N) is 1. The largest absolute Gasteiger partial charge is 0.378 e. The molecule has 0 amide bonds. The molecule has 0 saturated heterocycles. The Bertz CT molecular complexity index is 245. The van der Waals surface area contributed by atoms with E-state index in [2.05, 4.69) is 18.8 Å². The van der Waals surface area contributed by atoms with Crippen LogP contribution >= 0.6 is 0 Å². The molecule has 2 unspecified atom stereocenters. The van der Waals surface area contributed by atoms with Gasteiger partial charge in [0.15, 0.2) is 0 Å². The van der Waals surface area contributed by atoms with Gasteiger partial charge in [0.2, 0.25) is 0 Å². The summed E-state index contributed by atoms with van der Waals surface area (Å²) < 4.78 is 5.95. The van der Waals surface area contributed by atoms with Crippen molar-refractivity contribution in [1.82, 2.24) is 5.32 Å². The lowest BCUT2D eigenvalue weighted by Crippen LogP contribution is -2.64. The third-order valence-corrected chi connectivity index (χ3v) is 4.68. The van der Waals surface area contributed by atoms with Gasteiger partial charge in [-0.05, 0) is 39.2 Å². The second-order valence-corrected chi connectivity index (χ2v) is 5.56. The Morgan fingerprint density at radius 2 is 2.12 bits per heavy atom. The maximum Gasteiger partial charge on any atom is 0.0661 e. The van der Waals surface area contributed by atoms with E-state index >= 15 is 0 Å². The summed E-state index contributed by atoms with van der Waals surface area (Å²) in [5, 5.41) is 3.72. The number of hydrogen-bond donors (Lipinski definition) is 1. The van der Waals surface area contributed by atoms with Gasteiger partial charge in [0.05, 0.1) is 6.10 Å². The molecule has 17 heavy (non-hydrogen) atoms. The van der Waals surface area contributed by atoms with Crippen molar-refractivity contribution in [2.24, 2.45) is 5.41 Å². The fraction of sp³-hybridized carbons (Fsp3) is 0.867. The van der Waals surface area contributed by atoms with Crippen LogP contribution in [-0.4, -0.2) is 25.3 Å². The van der Waals surface area contributed by atoms with Crippen LogP contribution in [-0.2, 0) is 4.74 Å². The van der Waals surface area contributed by atoms with E-state index in [4.69, 9.17) is 4.74 Å². The Hall–Kier alpha value is -0.340. The Kier molecular flexibility index (Phi) is 4.63. The smallest absolute Gasteiger partial charge is 0.0661 e. The highest BCUT2D eigenvalue weighted by Crippen LogP contribution is 2.53. The summed E-state index contributed by atoms with van der Waals surface area (Å²) in [6.45, 7) is 7.85. The van der Waals surface area contributed by atoms with Crippen LogP contribution in [0.15, 0.2) is 12.7 Å². The van der Waals surface area contributed by atoms with Crippen molar-refractivity contribution in [3.8, 4) is 0 Å². The topological polar surface area (TPSA) is 21.3 Å². The average molecular weight is 237 g/mol. The molecule has 98 valence electrons. The van der Waals surface area contributed by atoms with Crippen LogP contribution in [0.4, 0.5) is 0 Å². The maximum absolute atomic E-state index is 5.95. The van der Waals surface area contributed by atoms with Gasteiger partial charge in [0.25, 0.3) is 0 Å². The lowest BCUT2D eigenvalue weighted by atomic mass is 9.55. The van der Waals surface area contributed by atoms with Gasteiger partial charge in [-0.15, -0.1) is 6.58 Å². The molecule has 2 atom stereocenters. The molecule has 2 heteroatoms. The fourth-order valence-corrected chi connectivity index (χ4v) is 3.71. The highest BCUT2D eigenvalue weighted by atomic mass is 16.5. The lowest BCUT2D eigenvalue weighted by molar-refractivity contribution is -0.149. The Balaban J connectivity index is 1.91. The van der Waals surface area contributed by atoms with Gasteiger partial charge < -0.3 is 10.1 Å². The quantitative estimate of drug-likeness (QED) is 0.565. The second-order valence-electron chi connectivity index (χ2n) is 5.56. The first-order valence-electron chi connectivity index (χ1n) is 7.29. The average Bonchev–Trinajstić information content (AvgIpc) is 2.38. The summed E-state index contributed by atoms with van der Waals surface area (Å²) in [5.41, 5.74) is 0.468. The zero-order valence-electron chi connectivity index (χ0n) is 11.2. The molecule has 2 aliphatic rings. The summed E-state index contributed by atoms with van der Waals surface area (Å²) in [4.78, 5) is 0. The van der Waals surface area contributed by atoms with E-state index < -0.39 is 0 Å². The van der Waals surface area contributed by atoms with E-state index in [1.807, 2.05) is 6.08 Å². The molecule has 0 radical (unpaired) electrons. The lowest BCUT2D eigenvalue weighted by Gasteiger charge is -2.58. The first-order chi connectivity index (χ1) is 8.33. The zero-order valence-corrected chi connectivity index (χ0v) is 11.2. The molecule has 2 saturated carbocycles. The maximum atomic E-state index is 5.95. The van der Waals surface area contributed by atoms with E-state index in [-0.39, 0.29) is 0 Å². The minimum absolute atomic E-state index is 0.468. The van der Waals surface area contributed by atoms with E-state index in [0.29, 0.717) is 17.6 Å². The van der Waals surface area contributed by atoms with Crippen molar-refractivity contribution < 1.29 is 4.74 Å². The Labute approximate surface area is 106 Å². The van der Waals surface area contributed by atoms with Crippen molar-refractivity contribution in [1.29, 1.82) is 0 Å². The highest BCUT2D eigenvalue weighted by Gasteiger charge is 2.55. The van der Waals surface area contributed by atoms with Crippen LogP contribution in [0.1, 0.15) is 51.9 Å². The minimum Gasteiger partial charge on any atom is -0.378 e. The third kappa shape index (κ3) is 2.58. The molecule has 0 aliphatic heterocycles. The summed E-state index contributed by atoms with van der Waals surface area (Å²) >= 11 is 0. The fourth-order valence-electron chi connectivity index (χ4n) is 3.71. The van der Waals surface area contributed by atoms with Crippen molar-refractivity contribution in [2.75, 3.05) is 13.2 Å². The number of rotatable bonds is 6. The molecule has 2 rings (SSSR count). The van der Waals surface area contributed by atoms with E-state index in [1.165, 1.54) is 38.5 Å². The van der Waals surface area contributed by atoms with Crippen LogP contribution in [0.2, 0.25) is 0 Å². The van der Waals surface area contributed by atoms with Crippen molar-refractivity contribution >= 4 is 0 Å². The van der Waals surface area contributed by atoms with Crippen molar-refractivity contribution in [3.63, 3.8) is 0 Å². The van der Waals surface area contributed by atoms with E-state index in [9.17, 15) is 0 Å². The van der Waals surface area contributed by atoms with E-state index in [0.717, 1.165) is 19.6 Å². The molecule has 0 bridgehead atoms. The standard InChI is InChI=1S/C15H27NO/c1-3-5-11-16-13-12-14(17-4-2)15(13)9-7-6-8-10-15/h3,13-14,16H,1,4-12H2,2H3. The van der Waals surface area contributed by atoms with Crippen LogP contribution in [0.3, 0.4) is 0 Å². The molecule has 1 N–H and O–H groups in total. The third-order valence-electron chi connectivity index (χ3n) is 4.68. The first kappa shape index (κ1) is 13.1. The molecule has 2 aliphatic carbocycles. The van der Waals surface area contributed by atoms with Crippen molar-refractivity contribution in [2.45, 2.75) is 64.0 Å². The van der Waals surface area contributed by atoms with Gasteiger partial charge in [0.1, 0.15) is 0 Å². The Morgan fingerprint density at radius 1 is 1.35 bits per heavy atom. The van der Waals surface area contributed by atoms with Gasteiger partial charge in [-0.2, -0.15) is 0 Å². The molecular weight excluding hydrogens is 210 g/mol. The predicted octanol–water partition coefficient (Wildman–Crippen LogP) is 3.28. The summed E-state index contributed by atoms with van der Waals surface area (Å²) in [7, 11) is 0. The van der Waals surface area contributed by atoms with Gasteiger partial charge in [-0.25, -0.2) is 0 Å². The van der Waals surface area contributed by atoms with Crippen LogP contribution in [0.5, 0.6) is 0 Å². The second kappa shape index (κ2) is 6.01. The molecule has 2 nitrogen and oxygen atoms in total. The SMILES string of the molecule is C=CCCNC1CC(OCC)C12CCCCC2. The molecule has 0 aromatic heterocycles. The predicted molar refractivity (Wildman–Crippen MR) is 72.2 cm³/mol. The molecular formula is C15H27NO. The van der Waals surface area contributed by atoms with Crippen LogP contribution < -0.4 is 5.32 Å². The van der Waals surface area contributed by atoms with Crippen LogP contribution in [0.25, 0.3) is 0 Å². The molecule has 0 heterocycles. The number of hydrogen-bond acceptors (Lipinski definition) is 2. The van der Waals surface area contributed by atoms with Gasteiger partial charge >= 0.3 is 0 Å². The van der Waals surface area contributed by atoms with Gasteiger partial charge in [-0.3, -0.25) is 0 Å². The van der Waals surface area contributed by atoms with Crippen LogP contribution in [0, 0.1) is 5.41 Å². The summed E-state index contributed by atoms with van der Waals surface area (Å²) in [6.07, 6.45) is 11.7. The van der Waals surface area contributed by atoms with Gasteiger partial charge in [-0.1, -0.05) is 25.3 Å². The Morgan fingerprint density at radius 3 is 2.76 bits per heavy atom. The van der Waals surface area contributed by atoms with Crippen molar-refractivity contribution in [3.05, 3.63) is 12.7 Å². The summed E-state index contributed by atoms with van der Waals surface area (Å²) in [6, 6.07) is 0.694. The van der Waals surface area contributed by atoms with Gasteiger partial charge in [0, 0.05) is 18.1 Å². The van der Waals surface area contributed by atoms with E-state index in [1.54, 1.807) is 0 Å². The minimum atomic E-state index is 0.468. The summed E-state index contributed by atoms with van der Waals surface area (Å²) in [5.74, 6) is 0. The molecule has 0 aromatic carbocycles.